The first-order chi connectivity index (χ1) is 4.19. The van der Waals surface area contributed by atoms with E-state index in [2.05, 4.69) is 0 Å². The van der Waals surface area contributed by atoms with E-state index in [0.29, 0.717) is 22.6 Å². The van der Waals surface area contributed by atoms with Crippen molar-refractivity contribution in [3.05, 3.63) is 0 Å². The van der Waals surface area contributed by atoms with Gasteiger partial charge in [0.15, 0.2) is 0 Å². The summed E-state index contributed by atoms with van der Waals surface area (Å²) in [5.41, 5.74) is 0. The molecule has 0 nitrogen and oxygen atoms in total. The van der Waals surface area contributed by atoms with Gasteiger partial charge in [-0.2, -0.15) is 22.0 Å². The Labute approximate surface area is 65.7 Å². The van der Waals surface area contributed by atoms with Gasteiger partial charge in [0, 0.05) is 0 Å². The second-order valence-corrected chi connectivity index (χ2v) is 2.52. The van der Waals surface area contributed by atoms with E-state index in [1.54, 1.807) is 0 Å². The van der Waals surface area contributed by atoms with Crippen molar-refractivity contribution in [1.82, 2.24) is 0 Å². The Morgan fingerprint density at radius 2 is 1.30 bits per heavy atom. The van der Waals surface area contributed by atoms with Crippen LogP contribution in [0.5, 0.6) is 0 Å². The summed E-state index contributed by atoms with van der Waals surface area (Å²) in [5, 5.41) is 0. The number of hydrogen-bond acceptors (Lipinski definition) is 0. The summed E-state index contributed by atoms with van der Waals surface area (Å²) in [5.74, 6) is -5.24. The highest BCUT2D eigenvalue weighted by Crippen LogP contribution is 2.41. The minimum atomic E-state index is -5.80. The maximum Gasteiger partial charge on any atom is 0.457 e. The van der Waals surface area contributed by atoms with Gasteiger partial charge in [0.25, 0.3) is 0 Å². The Balaban J connectivity index is 4.40. The van der Waals surface area contributed by atoms with Crippen molar-refractivity contribution in [3.63, 3.8) is 0 Å². The summed E-state index contributed by atoms with van der Waals surface area (Å²) >= 11 is 0.374. The molecule has 0 fully saturated rings. The van der Waals surface area contributed by atoms with Crippen molar-refractivity contribution < 1.29 is 26.3 Å². The van der Waals surface area contributed by atoms with Crippen LogP contribution in [0.2, 0.25) is 0 Å². The van der Waals surface area contributed by atoms with Crippen LogP contribution < -0.4 is 0 Å². The zero-order chi connectivity index (χ0) is 8.58. The lowest BCUT2D eigenvalue weighted by molar-refractivity contribution is -0.289. The second-order valence-electron chi connectivity index (χ2n) is 1.42. The molecule has 0 aliphatic rings. The zero-order valence-corrected chi connectivity index (χ0v) is 6.38. The average molecular weight is 278 g/mol. The average Bonchev–Trinajstić information content (AvgIpc) is 1.62. The Bertz CT molecular complexity index is 115. The van der Waals surface area contributed by atoms with Crippen molar-refractivity contribution in [2.75, 3.05) is 0 Å². The predicted octanol–water partition coefficient (Wildman–Crippen LogP) is 2.91. The third-order valence-corrected chi connectivity index (χ3v) is 1.43. The quantitative estimate of drug-likeness (QED) is 0.393. The van der Waals surface area contributed by atoms with Gasteiger partial charge in [0.1, 0.15) is 0 Å². The molecular formula is C3HF6I. The second kappa shape index (κ2) is 2.74. The molecule has 7 heteroatoms. The lowest BCUT2D eigenvalue weighted by Gasteiger charge is -2.18. The molecular weight excluding hydrogens is 277 g/mol. The Hall–Kier alpha value is 0.310. The first kappa shape index (κ1) is 10.3. The summed E-state index contributed by atoms with van der Waals surface area (Å²) in [7, 11) is 0. The van der Waals surface area contributed by atoms with E-state index in [-0.39, 0.29) is 0 Å². The number of hydrogen-bond donors (Lipinski definition) is 0. The van der Waals surface area contributed by atoms with E-state index in [1.165, 1.54) is 0 Å². The molecule has 0 radical (unpaired) electrons. The fourth-order valence-corrected chi connectivity index (χ4v) is 0.477. The van der Waals surface area contributed by atoms with Gasteiger partial charge >= 0.3 is 12.1 Å². The first-order valence-corrected chi connectivity index (χ1v) is 3.17. The molecule has 0 amide bonds. The Morgan fingerprint density at radius 3 is 1.30 bits per heavy atom. The van der Waals surface area contributed by atoms with E-state index in [1.807, 2.05) is 0 Å². The van der Waals surface area contributed by atoms with E-state index in [0.717, 1.165) is 0 Å². The van der Waals surface area contributed by atoms with Crippen molar-refractivity contribution in [1.29, 1.82) is 0 Å². The van der Waals surface area contributed by atoms with Crippen LogP contribution in [0.15, 0.2) is 0 Å². The molecule has 0 N–H and O–H groups in total. The van der Waals surface area contributed by atoms with E-state index in [4.69, 9.17) is 0 Å². The molecule has 0 aromatic carbocycles. The minimum absolute atomic E-state index is 0.374. The Kier molecular flexibility index (Phi) is 2.83. The molecule has 1 atom stereocenters. The predicted molar refractivity (Wildman–Crippen MR) is 29.9 cm³/mol. The lowest BCUT2D eigenvalue weighted by atomic mass is 10.4. The molecule has 1 unspecified atom stereocenters. The van der Waals surface area contributed by atoms with Crippen molar-refractivity contribution in [2.24, 2.45) is 0 Å². The molecule has 0 heterocycles. The van der Waals surface area contributed by atoms with Gasteiger partial charge in [-0.25, -0.2) is 4.39 Å². The third-order valence-electron chi connectivity index (χ3n) is 0.652. The number of halogens is 7. The van der Waals surface area contributed by atoms with Crippen LogP contribution in [0.1, 0.15) is 0 Å². The summed E-state index contributed by atoms with van der Waals surface area (Å²) in [6.07, 6.45) is -5.80. The molecule has 0 rings (SSSR count). The smallest absolute Gasteiger partial charge is 0.229 e. The van der Waals surface area contributed by atoms with Gasteiger partial charge in [0.2, 0.25) is 4.18 Å². The molecule has 0 spiro atoms. The number of rotatable bonds is 1. The molecule has 62 valence electrons. The summed E-state index contributed by atoms with van der Waals surface area (Å²) in [6, 6.07) is 0. The van der Waals surface area contributed by atoms with Crippen LogP contribution in [-0.2, 0) is 0 Å². The highest BCUT2D eigenvalue weighted by Gasteiger charge is 2.62. The SMILES string of the molecule is FC(I)C(F)(F)C(F)(F)F. The van der Waals surface area contributed by atoms with Gasteiger partial charge in [0.05, 0.1) is 0 Å². The fraction of sp³-hybridized carbons (Fsp3) is 1.00. The van der Waals surface area contributed by atoms with Crippen LogP contribution in [0.3, 0.4) is 0 Å². The van der Waals surface area contributed by atoms with Gasteiger partial charge in [-0.1, -0.05) is 0 Å². The molecule has 0 aliphatic carbocycles. The molecule has 0 aliphatic heterocycles. The Morgan fingerprint density at radius 1 is 1.00 bits per heavy atom. The van der Waals surface area contributed by atoms with Crippen LogP contribution in [0, 0.1) is 0 Å². The third kappa shape index (κ3) is 1.89. The van der Waals surface area contributed by atoms with Crippen LogP contribution in [0.25, 0.3) is 0 Å². The fourth-order valence-electron chi connectivity index (χ4n) is 0.124. The molecule has 0 aromatic heterocycles. The van der Waals surface area contributed by atoms with E-state index in [9.17, 15) is 26.3 Å². The van der Waals surface area contributed by atoms with Crippen molar-refractivity contribution >= 4 is 22.6 Å². The topological polar surface area (TPSA) is 0 Å². The lowest BCUT2D eigenvalue weighted by Crippen LogP contribution is -2.42. The van der Waals surface area contributed by atoms with Crippen molar-refractivity contribution in [2.45, 2.75) is 16.3 Å². The molecule has 10 heavy (non-hydrogen) atoms. The monoisotopic (exact) mass is 278 g/mol. The number of alkyl halides is 7. The first-order valence-electron chi connectivity index (χ1n) is 1.92. The highest BCUT2D eigenvalue weighted by molar-refractivity contribution is 14.1. The van der Waals surface area contributed by atoms with E-state index >= 15 is 0 Å². The molecule has 0 aromatic rings. The van der Waals surface area contributed by atoms with Crippen LogP contribution >= 0.6 is 22.6 Å². The normalized spacial score (nSPS) is 17.1. The van der Waals surface area contributed by atoms with Gasteiger partial charge in [-0.05, 0) is 22.6 Å². The summed E-state index contributed by atoms with van der Waals surface area (Å²) in [4.78, 5) is 0. The summed E-state index contributed by atoms with van der Waals surface area (Å²) < 4.78 is 64.6. The zero-order valence-electron chi connectivity index (χ0n) is 4.22. The highest BCUT2D eigenvalue weighted by atomic mass is 127. The molecule has 0 saturated heterocycles. The molecule has 0 saturated carbocycles. The minimum Gasteiger partial charge on any atom is -0.229 e. The standard InChI is InChI=1S/C3HF6I/c4-1(10)2(5,6)3(7,8)9/h1H. The molecule has 0 bridgehead atoms. The van der Waals surface area contributed by atoms with Gasteiger partial charge in [-0.15, -0.1) is 0 Å². The maximum atomic E-state index is 11.5. The van der Waals surface area contributed by atoms with Gasteiger partial charge < -0.3 is 0 Å². The maximum absolute atomic E-state index is 11.5. The summed E-state index contributed by atoms with van der Waals surface area (Å²) in [6.45, 7) is 0. The van der Waals surface area contributed by atoms with Crippen LogP contribution in [-0.4, -0.2) is 16.3 Å². The largest absolute Gasteiger partial charge is 0.457 e. The van der Waals surface area contributed by atoms with Crippen LogP contribution in [0.4, 0.5) is 26.3 Å². The van der Waals surface area contributed by atoms with E-state index < -0.39 is 16.3 Å². The van der Waals surface area contributed by atoms with Gasteiger partial charge in [-0.3, -0.25) is 0 Å². The van der Waals surface area contributed by atoms with Crippen molar-refractivity contribution in [3.8, 4) is 0 Å².